The van der Waals surface area contributed by atoms with E-state index in [1.54, 1.807) is 48.5 Å². The molecule has 0 atom stereocenters. The van der Waals surface area contributed by atoms with E-state index >= 15 is 0 Å². The maximum Gasteiger partial charge on any atom is 0.446 e. The molecule has 0 amide bonds. The van der Waals surface area contributed by atoms with Crippen molar-refractivity contribution in [1.29, 1.82) is 0 Å². The average Bonchev–Trinajstić information content (AvgIpc) is 2.71. The van der Waals surface area contributed by atoms with Crippen molar-refractivity contribution in [2.45, 2.75) is 0 Å². The second-order valence-corrected chi connectivity index (χ2v) is 8.87. The van der Waals surface area contributed by atoms with Crippen LogP contribution in [0.25, 0.3) is 43.6 Å². The number of para-hydroxylation sites is 2. The molecule has 0 spiro atoms. The molecule has 2 N–H and O–H groups in total. The molecule has 0 aliphatic heterocycles. The zero-order valence-electron chi connectivity index (χ0n) is 15.8. The van der Waals surface area contributed by atoms with E-state index in [1.165, 1.54) is 12.1 Å². The summed E-state index contributed by atoms with van der Waals surface area (Å²) < 4.78 is 74.4. The van der Waals surface area contributed by atoms with Crippen LogP contribution < -0.4 is 8.37 Å². The highest BCUT2D eigenvalue weighted by Crippen LogP contribution is 2.40. The molecule has 32 heavy (non-hydrogen) atoms. The first-order valence-electron chi connectivity index (χ1n) is 8.98. The third-order valence-electron chi connectivity index (χ3n) is 4.76. The van der Waals surface area contributed by atoms with Crippen molar-refractivity contribution in [2.24, 2.45) is 0 Å². The first kappa shape index (κ1) is 20.3. The van der Waals surface area contributed by atoms with Gasteiger partial charge in [0.05, 0.1) is 22.1 Å². The zero-order valence-corrected chi connectivity index (χ0v) is 17.5. The van der Waals surface area contributed by atoms with E-state index < -0.39 is 20.8 Å². The molecule has 2 aromatic heterocycles. The van der Waals surface area contributed by atoms with Gasteiger partial charge in [-0.25, -0.2) is 9.97 Å². The summed E-state index contributed by atoms with van der Waals surface area (Å²) in [6.07, 6.45) is 0. The van der Waals surface area contributed by atoms with E-state index in [9.17, 15) is 25.9 Å². The molecule has 0 bridgehead atoms. The summed E-state index contributed by atoms with van der Waals surface area (Å²) in [5.41, 5.74) is 1.16. The Kier molecular flexibility index (Phi) is 4.43. The molecule has 0 unspecified atom stereocenters. The lowest BCUT2D eigenvalue weighted by atomic mass is 10.0. The smallest absolute Gasteiger partial charge is 0.360 e. The number of fused-ring (bicyclic) bond motifs is 4. The van der Waals surface area contributed by atoms with Gasteiger partial charge in [-0.3, -0.25) is 9.11 Å². The highest BCUT2D eigenvalue weighted by Gasteiger charge is 2.21. The fraction of sp³-hybridized carbons (Fsp3) is 0. The molecule has 0 aliphatic rings. The van der Waals surface area contributed by atoms with Crippen molar-refractivity contribution in [2.75, 3.05) is 0 Å². The molecule has 10 nitrogen and oxygen atoms in total. The zero-order chi connectivity index (χ0) is 22.7. The van der Waals surface area contributed by atoms with Crippen molar-refractivity contribution < 1.29 is 34.3 Å². The first-order chi connectivity index (χ1) is 15.1. The van der Waals surface area contributed by atoms with Crippen LogP contribution in [0.3, 0.4) is 0 Å². The largest absolute Gasteiger partial charge is 0.446 e. The highest BCUT2D eigenvalue weighted by molar-refractivity contribution is 7.81. The standard InChI is InChI=1S/C20H12N2O8S2/c23-31(24,25)29-19-11-5-1-3-7-15(11)21-17-10-14-18(9-13(17)19)22-16-8-4-2-6-12(16)20(14)30-32(26,27)28/h1-10H,(H,23,24,25)(H,26,27,28). The van der Waals surface area contributed by atoms with Crippen molar-refractivity contribution in [3.63, 3.8) is 0 Å². The maximum absolute atomic E-state index is 11.5. The minimum Gasteiger partial charge on any atom is -0.360 e. The number of aromatic nitrogens is 2. The van der Waals surface area contributed by atoms with Crippen molar-refractivity contribution in [3.05, 3.63) is 60.7 Å². The van der Waals surface area contributed by atoms with Crippen molar-refractivity contribution in [3.8, 4) is 11.5 Å². The number of hydrogen-bond acceptors (Lipinski definition) is 8. The van der Waals surface area contributed by atoms with E-state index in [0.29, 0.717) is 21.8 Å². The molecule has 5 rings (SSSR count). The normalized spacial score (nSPS) is 12.6. The molecule has 0 saturated heterocycles. The van der Waals surface area contributed by atoms with Crippen LogP contribution in [-0.4, -0.2) is 35.9 Å². The van der Waals surface area contributed by atoms with Gasteiger partial charge in [0.25, 0.3) is 0 Å². The Labute approximate surface area is 180 Å². The van der Waals surface area contributed by atoms with Gasteiger partial charge in [0.15, 0.2) is 11.5 Å². The summed E-state index contributed by atoms with van der Waals surface area (Å²) in [6.45, 7) is 0. The molecule has 0 aliphatic carbocycles. The predicted molar refractivity (Wildman–Crippen MR) is 116 cm³/mol. The molecule has 3 aromatic carbocycles. The van der Waals surface area contributed by atoms with Gasteiger partial charge in [0.1, 0.15) is 0 Å². The Morgan fingerprint density at radius 2 is 0.938 bits per heavy atom. The minimum atomic E-state index is -4.87. The second kappa shape index (κ2) is 6.97. The SMILES string of the molecule is O=S(=O)(O)Oc1c2ccccc2nc2cc3c(OS(=O)(=O)O)c4ccccc4nc3cc12. The van der Waals surface area contributed by atoms with Crippen LogP contribution in [0.2, 0.25) is 0 Å². The summed E-state index contributed by atoms with van der Waals surface area (Å²) in [5, 5.41) is 1.06. The van der Waals surface area contributed by atoms with Crippen LogP contribution in [0.4, 0.5) is 0 Å². The van der Waals surface area contributed by atoms with Gasteiger partial charge < -0.3 is 8.37 Å². The molecule has 2 heterocycles. The summed E-state index contributed by atoms with van der Waals surface area (Å²) >= 11 is 0. The van der Waals surface area contributed by atoms with Gasteiger partial charge in [0.2, 0.25) is 0 Å². The monoisotopic (exact) mass is 472 g/mol. The quantitative estimate of drug-likeness (QED) is 0.294. The molecule has 162 valence electrons. The van der Waals surface area contributed by atoms with Crippen LogP contribution in [0.5, 0.6) is 11.5 Å². The van der Waals surface area contributed by atoms with Crippen LogP contribution in [0, 0.1) is 0 Å². The number of pyridine rings is 2. The van der Waals surface area contributed by atoms with Crippen LogP contribution in [-0.2, 0) is 20.8 Å². The first-order valence-corrected chi connectivity index (χ1v) is 11.7. The molecule has 12 heteroatoms. The lowest BCUT2D eigenvalue weighted by molar-refractivity contribution is 0.387. The van der Waals surface area contributed by atoms with E-state index in [2.05, 4.69) is 9.97 Å². The Morgan fingerprint density at radius 1 is 0.562 bits per heavy atom. The summed E-state index contributed by atoms with van der Waals surface area (Å²) in [4.78, 5) is 8.97. The van der Waals surface area contributed by atoms with E-state index in [-0.39, 0.29) is 33.3 Å². The van der Waals surface area contributed by atoms with E-state index in [4.69, 9.17) is 8.37 Å². The predicted octanol–water partition coefficient (Wildman–Crippen LogP) is 3.45. The Hall–Kier alpha value is -3.58. The Morgan fingerprint density at radius 3 is 1.31 bits per heavy atom. The minimum absolute atomic E-state index is 0.165. The van der Waals surface area contributed by atoms with Gasteiger partial charge in [-0.15, -0.1) is 0 Å². The summed E-state index contributed by atoms with van der Waals surface area (Å²) in [5.74, 6) is -0.329. The van der Waals surface area contributed by atoms with Crippen LogP contribution >= 0.6 is 0 Å². The number of nitrogens with zero attached hydrogens (tertiary/aromatic N) is 2. The van der Waals surface area contributed by atoms with Crippen LogP contribution in [0.1, 0.15) is 0 Å². The van der Waals surface area contributed by atoms with Gasteiger partial charge in [-0.1, -0.05) is 24.3 Å². The summed E-state index contributed by atoms with van der Waals surface area (Å²) in [7, 11) is -9.73. The number of hydrogen-bond donors (Lipinski definition) is 2. The highest BCUT2D eigenvalue weighted by atomic mass is 32.3. The topological polar surface area (TPSA) is 153 Å². The third-order valence-corrected chi connectivity index (χ3v) is 5.51. The molecule has 0 saturated carbocycles. The van der Waals surface area contributed by atoms with E-state index in [1.807, 2.05) is 0 Å². The maximum atomic E-state index is 11.5. The Bertz CT molecular complexity index is 1650. The lowest BCUT2D eigenvalue weighted by Gasteiger charge is -2.13. The number of benzene rings is 3. The van der Waals surface area contributed by atoms with Crippen molar-refractivity contribution >= 4 is 64.4 Å². The van der Waals surface area contributed by atoms with Gasteiger partial charge >= 0.3 is 20.8 Å². The fourth-order valence-corrected chi connectivity index (χ4v) is 4.37. The van der Waals surface area contributed by atoms with Crippen molar-refractivity contribution in [1.82, 2.24) is 9.97 Å². The third kappa shape index (κ3) is 3.65. The molecule has 5 aromatic rings. The second-order valence-electron chi connectivity index (χ2n) is 6.82. The van der Waals surface area contributed by atoms with Crippen LogP contribution in [0.15, 0.2) is 60.7 Å². The summed E-state index contributed by atoms with van der Waals surface area (Å²) in [6, 6.07) is 15.9. The van der Waals surface area contributed by atoms with E-state index in [0.717, 1.165) is 0 Å². The molecular formula is C20H12N2O8S2. The van der Waals surface area contributed by atoms with Gasteiger partial charge in [-0.2, -0.15) is 16.8 Å². The lowest BCUT2D eigenvalue weighted by Crippen LogP contribution is -2.08. The molecular weight excluding hydrogens is 460 g/mol. The van der Waals surface area contributed by atoms with Gasteiger partial charge in [0, 0.05) is 21.5 Å². The number of rotatable bonds is 4. The average molecular weight is 472 g/mol. The fourth-order valence-electron chi connectivity index (χ4n) is 3.59. The molecule has 0 radical (unpaired) electrons. The van der Waals surface area contributed by atoms with Gasteiger partial charge in [-0.05, 0) is 36.4 Å². The molecule has 0 fully saturated rings. The Balaban J connectivity index is 1.97.